The molecule has 2 aliphatic rings. The fourth-order valence-electron chi connectivity index (χ4n) is 3.67. The number of thioether (sulfide) groups is 1. The molecule has 31 heavy (non-hydrogen) atoms. The molecule has 1 saturated heterocycles. The summed E-state index contributed by atoms with van der Waals surface area (Å²) < 4.78 is 28.3. The molecule has 2 heterocycles. The molecule has 1 fully saturated rings. The minimum atomic E-state index is -3.83. The van der Waals surface area contributed by atoms with Crippen LogP contribution in [0.3, 0.4) is 0 Å². The fraction of sp³-hybridized carbons (Fsp3) is 0.364. The summed E-state index contributed by atoms with van der Waals surface area (Å²) in [5, 5.41) is 1.87. The third-order valence-electron chi connectivity index (χ3n) is 5.47. The number of hydrogen-bond acceptors (Lipinski definition) is 5. The number of carbonyl (C=O) groups is 2. The summed E-state index contributed by atoms with van der Waals surface area (Å²) in [7, 11) is -3.83. The molecular formula is C22H25N3O4S2. The summed E-state index contributed by atoms with van der Waals surface area (Å²) in [5.41, 5.74) is 1.99. The van der Waals surface area contributed by atoms with Gasteiger partial charge in [0.1, 0.15) is 0 Å². The quantitative estimate of drug-likeness (QED) is 0.666. The highest BCUT2D eigenvalue weighted by atomic mass is 32.2. The third kappa shape index (κ3) is 4.57. The molecule has 1 atom stereocenters. The van der Waals surface area contributed by atoms with Crippen LogP contribution < -0.4 is 10.0 Å². The zero-order chi connectivity index (χ0) is 22.2. The lowest BCUT2D eigenvalue weighted by Crippen LogP contribution is -2.43. The first-order valence-corrected chi connectivity index (χ1v) is 12.6. The van der Waals surface area contributed by atoms with Crippen LogP contribution in [0.4, 0.5) is 11.4 Å². The van der Waals surface area contributed by atoms with Gasteiger partial charge in [-0.2, -0.15) is 0 Å². The van der Waals surface area contributed by atoms with Gasteiger partial charge in [0.25, 0.3) is 10.0 Å². The van der Waals surface area contributed by atoms with Crippen molar-refractivity contribution in [2.75, 3.05) is 23.1 Å². The number of sulfonamides is 1. The molecule has 0 aliphatic carbocycles. The van der Waals surface area contributed by atoms with Crippen LogP contribution in [0.1, 0.15) is 38.2 Å². The van der Waals surface area contributed by atoms with Crippen LogP contribution >= 0.6 is 11.8 Å². The molecule has 0 radical (unpaired) electrons. The number of nitrogens with zero attached hydrogens (tertiary/aromatic N) is 1. The maximum atomic E-state index is 12.8. The van der Waals surface area contributed by atoms with E-state index in [1.54, 1.807) is 23.1 Å². The highest BCUT2D eigenvalue weighted by Gasteiger charge is 2.37. The minimum absolute atomic E-state index is 0.0457. The lowest BCUT2D eigenvalue weighted by molar-refractivity contribution is -0.133. The molecule has 2 aliphatic heterocycles. The average molecular weight is 460 g/mol. The molecule has 2 amide bonds. The van der Waals surface area contributed by atoms with Gasteiger partial charge in [0.2, 0.25) is 11.8 Å². The highest BCUT2D eigenvalue weighted by Crippen LogP contribution is 2.38. The second-order valence-electron chi connectivity index (χ2n) is 8.06. The number of carbonyl (C=O) groups excluding carboxylic acids is 2. The first kappa shape index (κ1) is 21.7. The molecular weight excluding hydrogens is 434 g/mol. The highest BCUT2D eigenvalue weighted by molar-refractivity contribution is 8.01. The van der Waals surface area contributed by atoms with Gasteiger partial charge in [0.05, 0.1) is 10.6 Å². The maximum Gasteiger partial charge on any atom is 0.261 e. The van der Waals surface area contributed by atoms with Crippen molar-refractivity contribution >= 4 is 45.0 Å². The summed E-state index contributed by atoms with van der Waals surface area (Å²) in [6.45, 7) is 5.50. The Hall–Kier alpha value is -2.52. The van der Waals surface area contributed by atoms with Crippen LogP contribution in [0.25, 0.3) is 0 Å². The first-order valence-electron chi connectivity index (χ1n) is 10.3. The molecule has 7 nitrogen and oxygen atoms in total. The number of rotatable bonds is 5. The predicted octanol–water partition coefficient (Wildman–Crippen LogP) is 3.65. The monoisotopic (exact) mass is 459 g/mol. The molecule has 0 spiro atoms. The number of amides is 2. The Kier molecular flexibility index (Phi) is 5.98. The van der Waals surface area contributed by atoms with Crippen molar-refractivity contribution in [3.63, 3.8) is 0 Å². The van der Waals surface area contributed by atoms with E-state index >= 15 is 0 Å². The SMILES string of the molecule is CC(C)c1ccc(NS(=O)(=O)c2ccc3c(c2)NC(=O)[C@H](C(=O)N2CCCC2)S3)cc1. The van der Waals surface area contributed by atoms with Crippen molar-refractivity contribution in [3.05, 3.63) is 48.0 Å². The standard InChI is InChI=1S/C22H25N3O4S2/c1-14(2)15-5-7-16(8-6-15)24-31(28,29)17-9-10-19-18(13-17)23-21(26)20(30-19)22(27)25-11-3-4-12-25/h5-10,13-14,20,24H,3-4,11-12H2,1-2H3,(H,23,26)/t20-/m1/s1. The second kappa shape index (κ2) is 8.55. The van der Waals surface area contributed by atoms with E-state index in [1.165, 1.54) is 23.9 Å². The van der Waals surface area contributed by atoms with E-state index < -0.39 is 21.2 Å². The molecule has 0 aromatic heterocycles. The van der Waals surface area contributed by atoms with E-state index in [0.29, 0.717) is 35.3 Å². The molecule has 164 valence electrons. The average Bonchev–Trinajstić information content (AvgIpc) is 3.27. The van der Waals surface area contributed by atoms with Crippen LogP contribution in [-0.2, 0) is 19.6 Å². The Balaban J connectivity index is 1.52. The molecule has 2 aromatic carbocycles. The van der Waals surface area contributed by atoms with E-state index in [2.05, 4.69) is 23.9 Å². The fourth-order valence-corrected chi connectivity index (χ4v) is 5.81. The van der Waals surface area contributed by atoms with Crippen molar-refractivity contribution in [3.8, 4) is 0 Å². The van der Waals surface area contributed by atoms with Crippen LogP contribution in [0, 0.1) is 0 Å². The van der Waals surface area contributed by atoms with Gasteiger partial charge in [-0.15, -0.1) is 11.8 Å². The van der Waals surface area contributed by atoms with Crippen LogP contribution in [0.5, 0.6) is 0 Å². The molecule has 2 aromatic rings. The number of anilines is 2. The zero-order valence-corrected chi connectivity index (χ0v) is 19.1. The topological polar surface area (TPSA) is 95.6 Å². The van der Waals surface area contributed by atoms with Gasteiger partial charge in [-0.3, -0.25) is 14.3 Å². The van der Waals surface area contributed by atoms with Gasteiger partial charge < -0.3 is 10.2 Å². The molecule has 0 saturated carbocycles. The largest absolute Gasteiger partial charge is 0.341 e. The Morgan fingerprint density at radius 3 is 2.45 bits per heavy atom. The van der Waals surface area contributed by atoms with E-state index in [4.69, 9.17) is 0 Å². The molecule has 0 bridgehead atoms. The van der Waals surface area contributed by atoms with Gasteiger partial charge >= 0.3 is 0 Å². The van der Waals surface area contributed by atoms with Gasteiger partial charge in [-0.1, -0.05) is 26.0 Å². The number of nitrogens with one attached hydrogen (secondary N) is 2. The predicted molar refractivity (Wildman–Crippen MR) is 122 cm³/mol. The Bertz CT molecular complexity index is 1110. The smallest absolute Gasteiger partial charge is 0.261 e. The van der Waals surface area contributed by atoms with E-state index in [-0.39, 0.29) is 10.8 Å². The van der Waals surface area contributed by atoms with Gasteiger partial charge in [0, 0.05) is 23.7 Å². The summed E-state index contributed by atoms with van der Waals surface area (Å²) >= 11 is 1.17. The minimum Gasteiger partial charge on any atom is -0.341 e. The number of fused-ring (bicyclic) bond motifs is 1. The third-order valence-corrected chi connectivity index (χ3v) is 8.11. The first-order chi connectivity index (χ1) is 14.7. The van der Waals surface area contributed by atoms with Crippen LogP contribution in [-0.4, -0.2) is 43.5 Å². The van der Waals surface area contributed by atoms with E-state index in [1.807, 2.05) is 12.1 Å². The Morgan fingerprint density at radius 1 is 1.13 bits per heavy atom. The van der Waals surface area contributed by atoms with Crippen molar-refractivity contribution < 1.29 is 18.0 Å². The zero-order valence-electron chi connectivity index (χ0n) is 17.4. The molecule has 2 N–H and O–H groups in total. The lowest BCUT2D eigenvalue weighted by atomic mass is 10.0. The number of hydrogen-bond donors (Lipinski definition) is 2. The van der Waals surface area contributed by atoms with E-state index in [0.717, 1.165) is 18.4 Å². The Morgan fingerprint density at radius 2 is 1.81 bits per heavy atom. The maximum absolute atomic E-state index is 12.8. The van der Waals surface area contributed by atoms with Crippen molar-refractivity contribution in [2.24, 2.45) is 0 Å². The molecule has 4 rings (SSSR count). The summed E-state index contributed by atoms with van der Waals surface area (Å²) in [5.74, 6) is -0.247. The van der Waals surface area contributed by atoms with Gasteiger partial charge in [-0.25, -0.2) is 8.42 Å². The lowest BCUT2D eigenvalue weighted by Gasteiger charge is -2.27. The number of likely N-dealkylation sites (tertiary alicyclic amines) is 1. The van der Waals surface area contributed by atoms with Crippen molar-refractivity contribution in [1.82, 2.24) is 4.90 Å². The van der Waals surface area contributed by atoms with E-state index in [9.17, 15) is 18.0 Å². The van der Waals surface area contributed by atoms with Crippen molar-refractivity contribution in [2.45, 2.75) is 47.6 Å². The molecule has 9 heteroatoms. The second-order valence-corrected chi connectivity index (χ2v) is 10.9. The summed E-state index contributed by atoms with van der Waals surface area (Å²) in [6, 6.07) is 11.8. The van der Waals surface area contributed by atoms with Gasteiger partial charge in [-0.05, 0) is 54.7 Å². The van der Waals surface area contributed by atoms with Gasteiger partial charge in [0.15, 0.2) is 5.25 Å². The van der Waals surface area contributed by atoms with Crippen LogP contribution in [0.2, 0.25) is 0 Å². The molecule has 0 unspecified atom stereocenters. The number of benzene rings is 2. The summed E-state index contributed by atoms with van der Waals surface area (Å²) in [6.07, 6.45) is 1.91. The normalized spacial score (nSPS) is 18.6. The van der Waals surface area contributed by atoms with Crippen LogP contribution in [0.15, 0.2) is 52.3 Å². The Labute approximate surface area is 186 Å². The van der Waals surface area contributed by atoms with Crippen molar-refractivity contribution in [1.29, 1.82) is 0 Å². The summed E-state index contributed by atoms with van der Waals surface area (Å²) in [4.78, 5) is 27.6.